The Bertz CT molecular complexity index is 1140. The molecule has 0 bridgehead atoms. The summed E-state index contributed by atoms with van der Waals surface area (Å²) in [6.07, 6.45) is 3.42. The van der Waals surface area contributed by atoms with Gasteiger partial charge in [0.15, 0.2) is 0 Å². The number of aromatic nitrogens is 3. The van der Waals surface area contributed by atoms with Gasteiger partial charge in [0.05, 0.1) is 41.6 Å². The number of carboxylic acid groups (broad SMARTS) is 1. The largest absolute Gasteiger partial charge is 0.481 e. The fraction of sp³-hybridized carbons (Fsp3) is 0.500. The van der Waals surface area contributed by atoms with Crippen LogP contribution in [0, 0.1) is 6.92 Å². The zero-order valence-electron chi connectivity index (χ0n) is 21.2. The number of carbonyl (C=O) groups is 1. The van der Waals surface area contributed by atoms with Gasteiger partial charge in [0.1, 0.15) is 0 Å². The van der Waals surface area contributed by atoms with Crippen LogP contribution in [0.4, 0.5) is 14.5 Å². The molecule has 0 atom stereocenters. The molecule has 1 saturated heterocycles. The maximum absolute atomic E-state index is 13.8. The van der Waals surface area contributed by atoms with Crippen molar-refractivity contribution in [2.75, 3.05) is 25.0 Å². The predicted octanol–water partition coefficient (Wildman–Crippen LogP) is 2.36. The van der Waals surface area contributed by atoms with E-state index in [0.29, 0.717) is 53.4 Å². The second-order valence-corrected chi connectivity index (χ2v) is 8.74. The molecule has 0 radical (unpaired) electrons. The standard InChI is InChI=1S/C22H31F2N7O.C2H4O2/c1-4-6-16-9-11-27-31(21(16)32)13-19(29(3)26)20(25)17-7-8-18(15(2)28-17)30-12-5-10-22(23,24)14-30;1-2(3)4/h7-9,11H,4-6,10,12-14,25-26H2,1-3H3;1H3,(H,3,4)/b20-19-;. The molecule has 198 valence electrons. The van der Waals surface area contributed by atoms with Gasteiger partial charge in [-0.15, -0.1) is 0 Å². The van der Waals surface area contributed by atoms with Gasteiger partial charge in [-0.05, 0) is 38.0 Å². The lowest BCUT2D eigenvalue weighted by atomic mass is 10.1. The van der Waals surface area contributed by atoms with Crippen LogP contribution in [0.15, 0.2) is 34.9 Å². The van der Waals surface area contributed by atoms with Gasteiger partial charge < -0.3 is 20.7 Å². The minimum Gasteiger partial charge on any atom is -0.481 e. The Morgan fingerprint density at radius 2 is 1.97 bits per heavy atom. The first-order valence-corrected chi connectivity index (χ1v) is 11.7. The number of hydrazine groups is 1. The van der Waals surface area contributed by atoms with Gasteiger partial charge in [-0.25, -0.2) is 24.3 Å². The fourth-order valence-electron chi connectivity index (χ4n) is 3.95. The highest BCUT2D eigenvalue weighted by Gasteiger charge is 2.35. The number of allylic oxidation sites excluding steroid dienone is 1. The van der Waals surface area contributed by atoms with E-state index in [2.05, 4.69) is 10.1 Å². The van der Waals surface area contributed by atoms with Crippen LogP contribution >= 0.6 is 0 Å². The Labute approximate surface area is 209 Å². The summed E-state index contributed by atoms with van der Waals surface area (Å²) >= 11 is 0. The lowest BCUT2D eigenvalue weighted by Gasteiger charge is -2.34. The molecule has 0 aromatic carbocycles. The molecular weight excluding hydrogens is 472 g/mol. The van der Waals surface area contributed by atoms with Crippen molar-refractivity contribution in [1.82, 2.24) is 19.8 Å². The number of alkyl halides is 2. The summed E-state index contributed by atoms with van der Waals surface area (Å²) in [6, 6.07) is 5.17. The molecule has 3 heterocycles. The first-order valence-electron chi connectivity index (χ1n) is 11.7. The Kier molecular flexibility index (Phi) is 9.91. The monoisotopic (exact) mass is 507 g/mol. The van der Waals surface area contributed by atoms with Crippen molar-refractivity contribution < 1.29 is 18.7 Å². The van der Waals surface area contributed by atoms with E-state index in [1.165, 1.54) is 9.69 Å². The second kappa shape index (κ2) is 12.4. The molecule has 0 spiro atoms. The maximum Gasteiger partial charge on any atom is 0.300 e. The minimum atomic E-state index is -2.70. The predicted molar refractivity (Wildman–Crippen MR) is 134 cm³/mol. The number of hydrogen-bond donors (Lipinski definition) is 3. The highest BCUT2D eigenvalue weighted by molar-refractivity contribution is 5.65. The van der Waals surface area contributed by atoms with E-state index in [4.69, 9.17) is 21.5 Å². The number of nitrogens with two attached hydrogens (primary N) is 2. The smallest absolute Gasteiger partial charge is 0.300 e. The second-order valence-electron chi connectivity index (χ2n) is 8.74. The molecular formula is C24H35F2N7O3. The summed E-state index contributed by atoms with van der Waals surface area (Å²) in [5.41, 5.74) is 9.37. The third-order valence-electron chi connectivity index (χ3n) is 5.61. The summed E-state index contributed by atoms with van der Waals surface area (Å²) in [5.74, 6) is 2.48. The molecule has 0 aliphatic carbocycles. The third kappa shape index (κ3) is 7.74. The number of hydrogen-bond acceptors (Lipinski definition) is 8. The van der Waals surface area contributed by atoms with Gasteiger partial charge in [0.2, 0.25) is 0 Å². The number of likely N-dealkylation sites (N-methyl/N-ethyl adjacent to an activating group) is 1. The summed E-state index contributed by atoms with van der Waals surface area (Å²) in [7, 11) is 1.63. The van der Waals surface area contributed by atoms with Crippen LogP contribution in [0.2, 0.25) is 0 Å². The van der Waals surface area contributed by atoms with Gasteiger partial charge in [-0.2, -0.15) is 5.10 Å². The Morgan fingerprint density at radius 1 is 1.31 bits per heavy atom. The van der Waals surface area contributed by atoms with Crippen LogP contribution in [0.5, 0.6) is 0 Å². The van der Waals surface area contributed by atoms with Crippen LogP contribution in [-0.2, 0) is 17.8 Å². The van der Waals surface area contributed by atoms with Crippen molar-refractivity contribution in [3.05, 3.63) is 57.4 Å². The summed E-state index contributed by atoms with van der Waals surface area (Å²) in [4.78, 5) is 27.9. The number of pyridine rings is 1. The quantitative estimate of drug-likeness (QED) is 0.380. The molecule has 2 aromatic heterocycles. The average Bonchev–Trinajstić information content (AvgIpc) is 2.78. The molecule has 1 aliphatic heterocycles. The van der Waals surface area contributed by atoms with E-state index < -0.39 is 11.9 Å². The summed E-state index contributed by atoms with van der Waals surface area (Å²) in [6.45, 7) is 5.17. The first kappa shape index (κ1) is 28.7. The van der Waals surface area contributed by atoms with E-state index in [-0.39, 0.29) is 25.1 Å². The van der Waals surface area contributed by atoms with Crippen molar-refractivity contribution in [1.29, 1.82) is 0 Å². The summed E-state index contributed by atoms with van der Waals surface area (Å²) in [5, 5.41) is 12.9. The van der Waals surface area contributed by atoms with E-state index >= 15 is 0 Å². The molecule has 36 heavy (non-hydrogen) atoms. The van der Waals surface area contributed by atoms with Gasteiger partial charge in [-0.3, -0.25) is 9.59 Å². The fourth-order valence-corrected chi connectivity index (χ4v) is 3.95. The third-order valence-corrected chi connectivity index (χ3v) is 5.61. The molecule has 0 unspecified atom stereocenters. The Hall–Kier alpha value is -3.54. The zero-order chi connectivity index (χ0) is 27.0. The van der Waals surface area contributed by atoms with Crippen molar-refractivity contribution in [3.63, 3.8) is 0 Å². The number of anilines is 1. The van der Waals surface area contributed by atoms with E-state index in [9.17, 15) is 13.6 Å². The highest BCUT2D eigenvalue weighted by Crippen LogP contribution is 2.31. The van der Waals surface area contributed by atoms with Crippen LogP contribution in [0.3, 0.4) is 0 Å². The number of nitrogens with zero attached hydrogens (tertiary/aromatic N) is 5. The molecule has 10 nitrogen and oxygen atoms in total. The van der Waals surface area contributed by atoms with Gasteiger partial charge in [0.25, 0.3) is 17.5 Å². The number of aliphatic carboxylic acids is 1. The topological polar surface area (TPSA) is 144 Å². The molecule has 1 fully saturated rings. The SMILES string of the molecule is CC(=O)O.CCCc1ccnn(C/C(=C(/N)c2ccc(N3CCCC(F)(F)C3)c(C)n2)N(C)N)c1=O. The minimum absolute atomic E-state index is 0.0794. The zero-order valence-corrected chi connectivity index (χ0v) is 21.2. The Balaban J connectivity index is 0.00000106. The van der Waals surface area contributed by atoms with Gasteiger partial charge in [0, 0.05) is 38.7 Å². The molecule has 2 aromatic rings. The highest BCUT2D eigenvalue weighted by atomic mass is 19.3. The van der Waals surface area contributed by atoms with Crippen LogP contribution in [0.1, 0.15) is 50.1 Å². The number of aryl methyl sites for hydroxylation is 2. The van der Waals surface area contributed by atoms with Crippen molar-refractivity contribution in [3.8, 4) is 0 Å². The molecule has 0 saturated carbocycles. The normalized spacial score (nSPS) is 15.5. The molecule has 0 amide bonds. The summed E-state index contributed by atoms with van der Waals surface area (Å²) < 4.78 is 29.0. The van der Waals surface area contributed by atoms with E-state index in [1.807, 2.05) is 6.92 Å². The van der Waals surface area contributed by atoms with Crippen LogP contribution in [-0.4, -0.2) is 56.9 Å². The first-order chi connectivity index (χ1) is 16.9. The van der Waals surface area contributed by atoms with Crippen LogP contribution < -0.4 is 22.0 Å². The van der Waals surface area contributed by atoms with Crippen molar-refractivity contribution in [2.24, 2.45) is 11.6 Å². The van der Waals surface area contributed by atoms with E-state index in [1.54, 1.807) is 43.3 Å². The molecule has 5 N–H and O–H groups in total. The molecule has 12 heteroatoms. The van der Waals surface area contributed by atoms with Crippen molar-refractivity contribution >= 4 is 17.4 Å². The Morgan fingerprint density at radius 3 is 2.53 bits per heavy atom. The number of piperidine rings is 1. The molecule has 3 rings (SSSR count). The average molecular weight is 508 g/mol. The maximum atomic E-state index is 13.8. The lowest BCUT2D eigenvalue weighted by Crippen LogP contribution is -2.43. The van der Waals surface area contributed by atoms with E-state index in [0.717, 1.165) is 13.3 Å². The number of rotatable bonds is 7. The number of carboxylic acids is 1. The van der Waals surface area contributed by atoms with Gasteiger partial charge >= 0.3 is 0 Å². The van der Waals surface area contributed by atoms with Crippen molar-refractivity contribution in [2.45, 2.75) is 58.9 Å². The van der Waals surface area contributed by atoms with Crippen LogP contribution in [0.25, 0.3) is 5.70 Å². The van der Waals surface area contributed by atoms with Gasteiger partial charge in [-0.1, -0.05) is 13.3 Å². The molecule has 1 aliphatic rings. The number of halogens is 2. The lowest BCUT2D eigenvalue weighted by molar-refractivity contribution is -0.134.